The second kappa shape index (κ2) is 33.7. The van der Waals surface area contributed by atoms with Gasteiger partial charge in [0, 0.05) is 0 Å². The fraction of sp³-hybridized carbons (Fsp3) is 0.975. The molecule has 0 aliphatic rings. The van der Waals surface area contributed by atoms with Crippen molar-refractivity contribution in [2.75, 3.05) is 6.54 Å². The molecule has 4 heteroatoms. The number of nitrogens with two attached hydrogens (primary N) is 2. The summed E-state index contributed by atoms with van der Waals surface area (Å²) in [7, 11) is 0. The predicted octanol–water partition coefficient (Wildman–Crippen LogP) is 12.6. The highest BCUT2D eigenvalue weighted by molar-refractivity contribution is 5.78. The molecule has 0 amide bonds. The molecule has 0 aromatic rings. The molecule has 0 saturated carbocycles. The van der Waals surface area contributed by atoms with Crippen molar-refractivity contribution < 1.29 is 9.90 Å². The van der Waals surface area contributed by atoms with E-state index in [9.17, 15) is 9.90 Å². The van der Waals surface area contributed by atoms with E-state index in [1.54, 1.807) is 0 Å². The van der Waals surface area contributed by atoms with Gasteiger partial charge in [0.05, 0.1) is 0 Å². The van der Waals surface area contributed by atoms with Gasteiger partial charge in [0.2, 0.25) is 0 Å². The number of hydrogen-bond acceptors (Lipinski definition) is 3. The Hall–Kier alpha value is -0.610. The third kappa shape index (κ3) is 28.8. The lowest BCUT2D eigenvalue weighted by Gasteiger charge is -2.30. The minimum absolute atomic E-state index is 0.434. The molecule has 0 heterocycles. The molecule has 1 unspecified atom stereocenters. The third-order valence-electron chi connectivity index (χ3n) is 10.1. The van der Waals surface area contributed by atoms with Crippen LogP contribution in [0.15, 0.2) is 0 Å². The van der Waals surface area contributed by atoms with Crippen LogP contribution in [-0.2, 0) is 4.79 Å². The summed E-state index contributed by atoms with van der Waals surface area (Å²) in [5.74, 6) is -0.384. The van der Waals surface area contributed by atoms with Crippen molar-refractivity contribution in [3.63, 3.8) is 0 Å². The highest BCUT2D eigenvalue weighted by Gasteiger charge is 2.35. The zero-order valence-electron chi connectivity index (χ0n) is 30.3. The lowest BCUT2D eigenvalue weighted by Crippen LogP contribution is -2.49. The number of carboxylic acids is 1. The Balaban J connectivity index is 4.19. The molecular formula is C40H82N2O2. The van der Waals surface area contributed by atoms with E-state index in [1.807, 2.05) is 0 Å². The minimum atomic E-state index is -1.09. The highest BCUT2D eigenvalue weighted by Crippen LogP contribution is 2.29. The first-order valence-electron chi connectivity index (χ1n) is 20.2. The Labute approximate surface area is 277 Å². The van der Waals surface area contributed by atoms with Gasteiger partial charge in [-0.25, -0.2) is 0 Å². The van der Waals surface area contributed by atoms with Crippen LogP contribution in [0.5, 0.6) is 0 Å². The van der Waals surface area contributed by atoms with Crippen molar-refractivity contribution in [2.24, 2.45) is 17.4 Å². The van der Waals surface area contributed by atoms with Crippen LogP contribution >= 0.6 is 0 Å². The van der Waals surface area contributed by atoms with Crippen LogP contribution in [0.25, 0.3) is 0 Å². The second-order valence-corrected chi connectivity index (χ2v) is 14.5. The van der Waals surface area contributed by atoms with Gasteiger partial charge in [-0.05, 0) is 38.1 Å². The molecule has 5 N–H and O–H groups in total. The molecule has 0 spiro atoms. The van der Waals surface area contributed by atoms with Gasteiger partial charge in [-0.2, -0.15) is 0 Å². The number of rotatable bonds is 37. The molecular weight excluding hydrogens is 540 g/mol. The molecule has 0 aromatic heterocycles. The molecule has 1 atom stereocenters. The quantitative estimate of drug-likeness (QED) is 0.0601. The van der Waals surface area contributed by atoms with Crippen molar-refractivity contribution in [2.45, 2.75) is 238 Å². The summed E-state index contributed by atoms with van der Waals surface area (Å²) in [5.41, 5.74) is 11.1. The lowest BCUT2D eigenvalue weighted by molar-refractivity contribution is -0.144. The van der Waals surface area contributed by atoms with Crippen molar-refractivity contribution >= 4 is 5.97 Å². The van der Waals surface area contributed by atoms with Gasteiger partial charge < -0.3 is 16.6 Å². The van der Waals surface area contributed by atoms with E-state index in [2.05, 4.69) is 13.8 Å². The summed E-state index contributed by atoms with van der Waals surface area (Å²) in [5, 5.41) is 10.0. The standard InChI is InChI=1S/C40H82N2O2/c1-3-5-7-9-11-13-15-17-19-21-23-25-27-29-33-38(37-40(42,39(43)44)35-31-32-36-41)34-30-28-26-24-22-20-18-16-14-12-10-8-6-4-2/h38H,3-37,41-42H2,1-2H3,(H,43,44). The molecule has 44 heavy (non-hydrogen) atoms. The van der Waals surface area contributed by atoms with Gasteiger partial charge in [-0.1, -0.05) is 206 Å². The molecule has 0 aliphatic heterocycles. The average Bonchev–Trinajstić information content (AvgIpc) is 3.01. The Morgan fingerprint density at radius 3 is 1.07 bits per heavy atom. The Morgan fingerprint density at radius 1 is 0.500 bits per heavy atom. The average molecular weight is 623 g/mol. The normalized spacial score (nSPS) is 13.1. The van der Waals surface area contributed by atoms with Crippen LogP contribution in [0, 0.1) is 5.92 Å². The van der Waals surface area contributed by atoms with E-state index >= 15 is 0 Å². The van der Waals surface area contributed by atoms with E-state index in [4.69, 9.17) is 11.5 Å². The molecule has 0 aromatic carbocycles. The van der Waals surface area contributed by atoms with Gasteiger partial charge >= 0.3 is 5.97 Å². The lowest BCUT2D eigenvalue weighted by atomic mass is 9.79. The maximum absolute atomic E-state index is 12.2. The van der Waals surface area contributed by atoms with Crippen LogP contribution in [0.3, 0.4) is 0 Å². The maximum atomic E-state index is 12.2. The zero-order valence-corrected chi connectivity index (χ0v) is 30.3. The topological polar surface area (TPSA) is 89.3 Å². The Morgan fingerprint density at radius 2 is 0.795 bits per heavy atom. The molecule has 0 bridgehead atoms. The van der Waals surface area contributed by atoms with Crippen LogP contribution < -0.4 is 11.5 Å². The Kier molecular flexibility index (Phi) is 33.3. The van der Waals surface area contributed by atoms with E-state index in [0.717, 1.165) is 25.7 Å². The molecule has 4 nitrogen and oxygen atoms in total. The summed E-state index contributed by atoms with van der Waals surface area (Å²) >= 11 is 0. The zero-order chi connectivity index (χ0) is 32.4. The first kappa shape index (κ1) is 43.4. The number of hydrogen-bond donors (Lipinski definition) is 3. The minimum Gasteiger partial charge on any atom is -0.480 e. The van der Waals surface area contributed by atoms with Crippen molar-refractivity contribution in [1.82, 2.24) is 0 Å². The van der Waals surface area contributed by atoms with Gasteiger partial charge in [0.15, 0.2) is 0 Å². The molecule has 0 fully saturated rings. The van der Waals surface area contributed by atoms with E-state index in [1.165, 1.54) is 180 Å². The van der Waals surface area contributed by atoms with E-state index in [-0.39, 0.29) is 0 Å². The van der Waals surface area contributed by atoms with Gasteiger partial charge in [-0.3, -0.25) is 4.79 Å². The largest absolute Gasteiger partial charge is 0.480 e. The van der Waals surface area contributed by atoms with Crippen LogP contribution in [0.1, 0.15) is 232 Å². The van der Waals surface area contributed by atoms with Gasteiger partial charge in [0.25, 0.3) is 0 Å². The smallest absolute Gasteiger partial charge is 0.323 e. The second-order valence-electron chi connectivity index (χ2n) is 14.5. The number of unbranched alkanes of at least 4 members (excludes halogenated alkanes) is 27. The summed E-state index contributed by atoms with van der Waals surface area (Å²) in [6, 6.07) is 0. The van der Waals surface area contributed by atoms with Crippen molar-refractivity contribution in [3.8, 4) is 0 Å². The first-order valence-corrected chi connectivity index (χ1v) is 20.2. The van der Waals surface area contributed by atoms with Crippen molar-refractivity contribution in [1.29, 1.82) is 0 Å². The number of aliphatic carboxylic acids is 1. The maximum Gasteiger partial charge on any atom is 0.323 e. The first-order chi connectivity index (χ1) is 21.5. The molecule has 264 valence electrons. The SMILES string of the molecule is CCCCCCCCCCCCCCCCC(CCCCCCCCCCCCCCCC)CC(N)(CCCCN)C(=O)O. The number of carbonyl (C=O) groups is 1. The van der Waals surface area contributed by atoms with Crippen LogP contribution in [0.2, 0.25) is 0 Å². The fourth-order valence-electron chi connectivity index (χ4n) is 7.00. The molecule has 0 rings (SSSR count). The van der Waals surface area contributed by atoms with Crippen LogP contribution in [0.4, 0.5) is 0 Å². The molecule has 0 aliphatic carbocycles. The Bertz CT molecular complexity index is 552. The summed E-state index contributed by atoms with van der Waals surface area (Å²) in [6.45, 7) is 5.18. The highest BCUT2D eigenvalue weighted by atomic mass is 16.4. The summed E-state index contributed by atoms with van der Waals surface area (Å²) in [4.78, 5) is 12.2. The van der Waals surface area contributed by atoms with Crippen molar-refractivity contribution in [3.05, 3.63) is 0 Å². The van der Waals surface area contributed by atoms with E-state index < -0.39 is 11.5 Å². The van der Waals surface area contributed by atoms with Crippen LogP contribution in [-0.4, -0.2) is 23.2 Å². The monoisotopic (exact) mass is 623 g/mol. The summed E-state index contributed by atoms with van der Waals surface area (Å²) in [6.07, 6.45) is 43.6. The van der Waals surface area contributed by atoms with Gasteiger partial charge in [0.1, 0.15) is 5.54 Å². The fourth-order valence-corrected chi connectivity index (χ4v) is 7.00. The predicted molar refractivity (Wildman–Crippen MR) is 195 cm³/mol. The van der Waals surface area contributed by atoms with Gasteiger partial charge in [-0.15, -0.1) is 0 Å². The number of carboxylic acid groups (broad SMARTS) is 1. The van der Waals surface area contributed by atoms with E-state index in [0.29, 0.717) is 25.3 Å². The molecule has 0 radical (unpaired) electrons. The third-order valence-corrected chi connectivity index (χ3v) is 10.1. The summed E-state index contributed by atoms with van der Waals surface area (Å²) < 4.78 is 0. The molecule has 0 saturated heterocycles.